The number of hydrogen-bond acceptors (Lipinski definition) is 17. The molecule has 1 spiro atoms. The maximum Gasteiger partial charge on any atom is 0.433 e. The molecule has 2 amide bonds. The number of esters is 1. The van der Waals surface area contributed by atoms with E-state index in [9.17, 15) is 52.8 Å². The number of nitrogens with zero attached hydrogens (tertiary/aromatic N) is 7. The van der Waals surface area contributed by atoms with Gasteiger partial charge < -0.3 is 54.7 Å². The lowest BCUT2D eigenvalue weighted by molar-refractivity contribution is -0.155. The molecule has 2 aromatic carbocycles. The molecule has 0 aliphatic carbocycles. The van der Waals surface area contributed by atoms with Gasteiger partial charge in [0, 0.05) is 107 Å². The largest absolute Gasteiger partial charge is 0.507 e. The SMILES string of the molecule is C/C1=C/C=C/C(C)[C@H](O)[C@@H](C)C(O)CC(OC(=O)CC(=O)N2CCCN(c3nccc(C(F)(F)F)n3)CC2)CC/C=C/O[C@@]2(C)Oc3c(C)c(O)c4c(O)c(c5c(c4c3C2=O)NC2(CCN(CC(C)C)CC2)N=5)=NC1=O. The van der Waals surface area contributed by atoms with E-state index in [1.54, 1.807) is 37.0 Å². The molecular weight excluding hydrogens is 994 g/mol. The third-order valence-corrected chi connectivity index (χ3v) is 15.0. The minimum absolute atomic E-state index is 0.0152. The van der Waals surface area contributed by atoms with Crippen molar-refractivity contribution in [3.8, 4) is 17.2 Å². The summed E-state index contributed by atoms with van der Waals surface area (Å²) in [5.41, 5.74) is -1.40. The van der Waals surface area contributed by atoms with Gasteiger partial charge in [0.15, 0.2) is 5.75 Å². The third-order valence-electron chi connectivity index (χ3n) is 15.0. The summed E-state index contributed by atoms with van der Waals surface area (Å²) in [5.74, 6) is -6.80. The quantitative estimate of drug-likeness (QED) is 0.115. The van der Waals surface area contributed by atoms with Crippen molar-refractivity contribution < 1.29 is 67.0 Å². The van der Waals surface area contributed by atoms with Crippen molar-refractivity contribution in [1.82, 2.24) is 19.8 Å². The average Bonchev–Trinajstić information content (AvgIpc) is 3.78. The maximum absolute atomic E-state index is 14.8. The number of ether oxygens (including phenoxy) is 3. The highest BCUT2D eigenvalue weighted by Crippen LogP contribution is 2.51. The van der Waals surface area contributed by atoms with Gasteiger partial charge >= 0.3 is 17.9 Å². The second-order valence-electron chi connectivity index (χ2n) is 21.2. The summed E-state index contributed by atoms with van der Waals surface area (Å²) in [5, 5.41) is 50.5. The maximum atomic E-state index is 14.8. The lowest BCUT2D eigenvalue weighted by Crippen LogP contribution is -2.47. The summed E-state index contributed by atoms with van der Waals surface area (Å²) >= 11 is 0. The molecular formula is C54H67F3N8O11. The number of benzene rings is 2. The number of Topliss-reactive ketones (excluding diaryl/α,β-unsaturated/α-hetero) is 1. The topological polar surface area (TPSA) is 249 Å². The van der Waals surface area contributed by atoms with Crippen LogP contribution < -0.4 is 25.7 Å². The van der Waals surface area contributed by atoms with Crippen molar-refractivity contribution in [2.24, 2.45) is 27.7 Å². The van der Waals surface area contributed by atoms with Crippen LogP contribution in [-0.2, 0) is 30.0 Å². The predicted molar refractivity (Wildman–Crippen MR) is 272 cm³/mol. The molecule has 1 aromatic heterocycles. The van der Waals surface area contributed by atoms with Crippen molar-refractivity contribution in [1.29, 1.82) is 0 Å². The van der Waals surface area contributed by atoms with Crippen LogP contribution in [0.4, 0.5) is 24.8 Å². The first-order chi connectivity index (χ1) is 35.9. The fourth-order valence-electron chi connectivity index (χ4n) is 10.5. The van der Waals surface area contributed by atoms with Crippen molar-refractivity contribution in [3.05, 3.63) is 75.9 Å². The Bertz CT molecular complexity index is 2990. The Kier molecular flexibility index (Phi) is 16.2. The van der Waals surface area contributed by atoms with E-state index in [1.807, 2.05) is 0 Å². The highest BCUT2D eigenvalue weighted by molar-refractivity contribution is 6.21. The van der Waals surface area contributed by atoms with Crippen molar-refractivity contribution in [2.75, 3.05) is 56.0 Å². The second-order valence-corrected chi connectivity index (χ2v) is 21.2. The normalized spacial score (nSPS) is 27.2. The number of ketones is 1. The zero-order chi connectivity index (χ0) is 55.0. The van der Waals surface area contributed by atoms with Gasteiger partial charge in [-0.15, -0.1) is 0 Å². The van der Waals surface area contributed by atoms with E-state index in [2.05, 4.69) is 39.0 Å². The molecule has 22 heteroatoms. The Morgan fingerprint density at radius 3 is 2.45 bits per heavy atom. The number of nitrogens with one attached hydrogen (secondary N) is 1. The van der Waals surface area contributed by atoms with E-state index in [-0.39, 0.29) is 95.3 Å². The molecule has 6 aliphatic rings. The van der Waals surface area contributed by atoms with Crippen LogP contribution in [0, 0.1) is 24.7 Å². The van der Waals surface area contributed by atoms with Crippen LogP contribution in [-0.4, -0.2) is 139 Å². The van der Waals surface area contributed by atoms with Gasteiger partial charge in [0.1, 0.15) is 46.1 Å². The number of carbonyl (C=O) groups is 4. The number of aliphatic hydroxyl groups is 2. The number of aromatic hydroxyl groups is 2. The van der Waals surface area contributed by atoms with Gasteiger partial charge in [-0.2, -0.15) is 13.2 Å². The molecule has 5 N–H and O–H groups in total. The van der Waals surface area contributed by atoms with Crippen LogP contribution in [0.3, 0.4) is 0 Å². The van der Waals surface area contributed by atoms with E-state index in [0.717, 1.165) is 18.8 Å². The van der Waals surface area contributed by atoms with Gasteiger partial charge in [0.25, 0.3) is 11.7 Å². The number of fused-ring (bicyclic) bond motifs is 13. The molecule has 3 aromatic rings. The van der Waals surface area contributed by atoms with Crippen molar-refractivity contribution in [2.45, 2.75) is 129 Å². The van der Waals surface area contributed by atoms with Gasteiger partial charge in [0.05, 0.1) is 35.1 Å². The fraction of sp³-hybridized carbons (Fsp3) is 0.556. The number of rotatable bonds is 6. The Morgan fingerprint density at radius 1 is 1.00 bits per heavy atom. The van der Waals surface area contributed by atoms with Gasteiger partial charge in [-0.1, -0.05) is 45.9 Å². The number of likely N-dealkylation sites (tertiary alicyclic amines) is 1. The summed E-state index contributed by atoms with van der Waals surface area (Å²) in [6.07, 6.45) is 1.46. The third kappa shape index (κ3) is 11.5. The molecule has 76 heavy (non-hydrogen) atoms. The van der Waals surface area contributed by atoms with E-state index >= 15 is 0 Å². The van der Waals surface area contributed by atoms with Crippen LogP contribution in [0.1, 0.15) is 108 Å². The molecule has 410 valence electrons. The number of allylic oxidation sites excluding steroid dienone is 3. The molecule has 5 bridgehead atoms. The molecule has 6 aliphatic heterocycles. The summed E-state index contributed by atoms with van der Waals surface area (Å²) < 4.78 is 58.3. The molecule has 2 saturated heterocycles. The highest BCUT2D eigenvalue weighted by atomic mass is 19.4. The Labute approximate surface area is 437 Å². The number of halogens is 3. The van der Waals surface area contributed by atoms with E-state index < -0.39 is 95.0 Å². The monoisotopic (exact) mass is 1060 g/mol. The number of piperidine rings is 1. The zero-order valence-corrected chi connectivity index (χ0v) is 43.8. The van der Waals surface area contributed by atoms with Gasteiger partial charge in [-0.3, -0.25) is 24.2 Å². The minimum Gasteiger partial charge on any atom is -0.507 e. The van der Waals surface area contributed by atoms with Crippen molar-refractivity contribution in [3.63, 3.8) is 0 Å². The van der Waals surface area contributed by atoms with Gasteiger partial charge in [0.2, 0.25) is 11.9 Å². The first kappa shape index (κ1) is 55.6. The Balaban J connectivity index is 1.07. The summed E-state index contributed by atoms with van der Waals surface area (Å²) in [4.78, 5) is 78.2. The molecule has 3 unspecified atom stereocenters. The number of amides is 2. The number of phenolic OH excluding ortho intramolecular Hbond substituents is 2. The number of alkyl halides is 3. The number of hydrogen-bond donors (Lipinski definition) is 5. The summed E-state index contributed by atoms with van der Waals surface area (Å²) in [7, 11) is 0. The first-order valence-electron chi connectivity index (χ1n) is 25.9. The molecule has 9 rings (SSSR count). The lowest BCUT2D eigenvalue weighted by atomic mass is 9.86. The number of aromatic nitrogens is 2. The number of phenols is 2. The van der Waals surface area contributed by atoms with Crippen LogP contribution >= 0.6 is 0 Å². The summed E-state index contributed by atoms with van der Waals surface area (Å²) in [6.45, 7) is 15.1. The van der Waals surface area contributed by atoms with Gasteiger partial charge in [-0.05, 0) is 51.2 Å². The number of carbonyl (C=O) groups excluding carboxylic acids is 4. The molecule has 0 radical (unpaired) electrons. The second kappa shape index (κ2) is 22.1. The molecule has 7 heterocycles. The smallest absolute Gasteiger partial charge is 0.433 e. The molecule has 19 nitrogen and oxygen atoms in total. The van der Waals surface area contributed by atoms with Crippen LogP contribution in [0.25, 0.3) is 10.8 Å². The standard InChI is InChI=1S/C54H67F3N8O11/c1-29(2)28-63-21-16-53(17-22-63)61-42-39-40-46(70)33(6)48-41(39)49(72)52(7,76-48)74-25-9-8-14-34(26-35(66)32(5)45(69)30(3)12-10-13-31(4)50(73)60-44(47(40)71)43(42)62-53)75-38(68)27-37(67)64-19-11-20-65(24-23-64)51-58-18-15-36(59-51)54(55,56)57/h9-10,12-13,15,18,25,29-30,32,34-35,45,61,66,69-71H,8,11,14,16-17,19-24,26-28H2,1-7H3/b12-10+,25-9+,31-13-,60-44?/t30?,32-,34?,35?,45-,52-/m0/s1. The van der Waals surface area contributed by atoms with E-state index in [4.69, 9.17) is 19.2 Å². The molecule has 0 saturated carbocycles. The van der Waals surface area contributed by atoms with Crippen LogP contribution in [0.5, 0.6) is 17.2 Å². The van der Waals surface area contributed by atoms with Gasteiger partial charge in [-0.25, -0.2) is 15.0 Å². The van der Waals surface area contributed by atoms with Crippen LogP contribution in [0.2, 0.25) is 0 Å². The summed E-state index contributed by atoms with van der Waals surface area (Å²) in [6, 6.07) is 0.776. The molecule has 2 fully saturated rings. The minimum atomic E-state index is -4.66. The van der Waals surface area contributed by atoms with Crippen molar-refractivity contribution >= 4 is 46.0 Å². The van der Waals surface area contributed by atoms with E-state index in [0.29, 0.717) is 44.0 Å². The highest BCUT2D eigenvalue weighted by Gasteiger charge is 2.50. The number of anilines is 2. The predicted octanol–water partition coefficient (Wildman–Crippen LogP) is 5.55. The first-order valence-corrected chi connectivity index (χ1v) is 25.9. The Morgan fingerprint density at radius 2 is 1.74 bits per heavy atom. The lowest BCUT2D eigenvalue weighted by Gasteiger charge is -2.38. The number of aliphatic hydroxyl groups excluding tert-OH is 2. The fourth-order valence-corrected chi connectivity index (χ4v) is 10.5. The zero-order valence-electron chi connectivity index (χ0n) is 43.8. The van der Waals surface area contributed by atoms with Crippen LogP contribution in [0.15, 0.2) is 58.4 Å². The average molecular weight is 1060 g/mol. The Hall–Kier alpha value is -6.65. The molecule has 6 atom stereocenters. The van der Waals surface area contributed by atoms with E-state index in [1.165, 1.54) is 38.0 Å².